The predicted molar refractivity (Wildman–Crippen MR) is 53.8 cm³/mol. The number of H-pyrrole nitrogens is 1. The summed E-state index contributed by atoms with van der Waals surface area (Å²) in [6.45, 7) is 3.64. The Hall–Kier alpha value is -1.83. The van der Waals surface area contributed by atoms with Gasteiger partial charge in [-0.25, -0.2) is 0 Å². The number of hydrogen-bond acceptors (Lipinski definition) is 1. The Kier molecular flexibility index (Phi) is 1.74. The van der Waals surface area contributed by atoms with Crippen molar-refractivity contribution in [2.24, 2.45) is 0 Å². The van der Waals surface area contributed by atoms with E-state index in [1.165, 1.54) is 0 Å². The number of aromatic nitrogens is 1. The van der Waals surface area contributed by atoms with Crippen molar-refractivity contribution in [2.45, 2.75) is 0 Å². The first-order valence-corrected chi connectivity index (χ1v) is 4.05. The van der Waals surface area contributed by atoms with Crippen LogP contribution in [-0.4, -0.2) is 11.3 Å². The summed E-state index contributed by atoms with van der Waals surface area (Å²) in [6.07, 6.45) is 2.51. The van der Waals surface area contributed by atoms with Crippen LogP contribution >= 0.6 is 0 Å². The summed E-state index contributed by atoms with van der Waals surface area (Å²) in [5.74, 6) is 0. The molecule has 0 unspecified atom stereocenters. The molecule has 0 aliphatic carbocycles. The number of carbonyl (C=O) groups excluding carboxylic acids is 1. The van der Waals surface area contributed by atoms with Crippen molar-refractivity contribution < 1.29 is 4.79 Å². The molecule has 0 aliphatic rings. The van der Waals surface area contributed by atoms with Gasteiger partial charge in [0, 0.05) is 22.2 Å². The van der Waals surface area contributed by atoms with E-state index in [-0.39, 0.29) is 0 Å². The fraction of sp³-hybridized carbons (Fsp3) is 0. The zero-order valence-electron chi connectivity index (χ0n) is 7.08. The number of fused-ring (bicyclic) bond motifs is 1. The highest BCUT2D eigenvalue weighted by molar-refractivity contribution is 6.00. The van der Waals surface area contributed by atoms with Crippen LogP contribution in [-0.2, 0) is 0 Å². The van der Waals surface area contributed by atoms with Gasteiger partial charge in [0.25, 0.3) is 0 Å². The Balaban J connectivity index is 2.88. The van der Waals surface area contributed by atoms with Gasteiger partial charge in [0.05, 0.1) is 0 Å². The van der Waals surface area contributed by atoms with Crippen LogP contribution in [0.4, 0.5) is 0 Å². The van der Waals surface area contributed by atoms with Crippen molar-refractivity contribution in [3.63, 3.8) is 0 Å². The maximum atomic E-state index is 10.8. The van der Waals surface area contributed by atoms with Crippen molar-refractivity contribution in [2.75, 3.05) is 0 Å². The molecule has 0 fully saturated rings. The normalized spacial score (nSPS) is 10.2. The molecular weight excluding hydrogens is 162 g/mol. The van der Waals surface area contributed by atoms with E-state index in [0.29, 0.717) is 5.56 Å². The van der Waals surface area contributed by atoms with E-state index in [4.69, 9.17) is 0 Å². The topological polar surface area (TPSA) is 32.9 Å². The SMILES string of the molecule is C=Cc1[nH]c2ccccc2c1C=O. The monoisotopic (exact) mass is 171 g/mol. The fourth-order valence-electron chi connectivity index (χ4n) is 1.47. The van der Waals surface area contributed by atoms with Crippen molar-refractivity contribution >= 4 is 23.3 Å². The highest BCUT2D eigenvalue weighted by Gasteiger charge is 2.06. The number of aromatic amines is 1. The minimum atomic E-state index is 0.686. The lowest BCUT2D eigenvalue weighted by Crippen LogP contribution is -1.79. The quantitative estimate of drug-likeness (QED) is 0.692. The molecule has 0 atom stereocenters. The van der Waals surface area contributed by atoms with E-state index in [0.717, 1.165) is 22.9 Å². The average molecular weight is 171 g/mol. The molecule has 2 aromatic rings. The number of rotatable bonds is 2. The second kappa shape index (κ2) is 2.90. The van der Waals surface area contributed by atoms with Crippen molar-refractivity contribution in [3.05, 3.63) is 42.1 Å². The molecule has 64 valence electrons. The fourth-order valence-corrected chi connectivity index (χ4v) is 1.47. The van der Waals surface area contributed by atoms with Crippen LogP contribution in [0.15, 0.2) is 30.8 Å². The van der Waals surface area contributed by atoms with Gasteiger partial charge in [0.2, 0.25) is 0 Å². The molecule has 0 bridgehead atoms. The van der Waals surface area contributed by atoms with Crippen LogP contribution in [0.2, 0.25) is 0 Å². The van der Waals surface area contributed by atoms with Crippen LogP contribution < -0.4 is 0 Å². The molecule has 1 heterocycles. The molecule has 2 nitrogen and oxygen atoms in total. The molecule has 0 saturated carbocycles. The van der Waals surface area contributed by atoms with Gasteiger partial charge in [0.1, 0.15) is 0 Å². The summed E-state index contributed by atoms with van der Waals surface area (Å²) in [4.78, 5) is 13.9. The number of nitrogens with one attached hydrogen (secondary N) is 1. The van der Waals surface area contributed by atoms with Crippen molar-refractivity contribution in [3.8, 4) is 0 Å². The molecule has 0 amide bonds. The number of carbonyl (C=O) groups is 1. The molecular formula is C11H9NO. The van der Waals surface area contributed by atoms with Gasteiger partial charge < -0.3 is 4.98 Å². The average Bonchev–Trinajstić information content (AvgIpc) is 2.55. The molecule has 13 heavy (non-hydrogen) atoms. The highest BCUT2D eigenvalue weighted by atomic mass is 16.1. The molecule has 1 N–H and O–H groups in total. The summed E-state index contributed by atoms with van der Waals surface area (Å²) in [6, 6.07) is 7.70. The second-order valence-corrected chi connectivity index (χ2v) is 2.82. The Morgan fingerprint density at radius 1 is 1.31 bits per heavy atom. The molecule has 1 aromatic heterocycles. The predicted octanol–water partition coefficient (Wildman–Crippen LogP) is 2.62. The van der Waals surface area contributed by atoms with E-state index in [1.807, 2.05) is 24.3 Å². The number of para-hydroxylation sites is 1. The van der Waals surface area contributed by atoms with Gasteiger partial charge in [-0.15, -0.1) is 0 Å². The summed E-state index contributed by atoms with van der Waals surface area (Å²) in [5.41, 5.74) is 2.45. The third-order valence-corrected chi connectivity index (χ3v) is 2.10. The van der Waals surface area contributed by atoms with Crippen LogP contribution in [0.1, 0.15) is 16.1 Å². The van der Waals surface area contributed by atoms with E-state index >= 15 is 0 Å². The minimum Gasteiger partial charge on any atom is -0.354 e. The van der Waals surface area contributed by atoms with Gasteiger partial charge in [0.15, 0.2) is 6.29 Å². The van der Waals surface area contributed by atoms with E-state index < -0.39 is 0 Å². The van der Waals surface area contributed by atoms with Crippen LogP contribution in [0.3, 0.4) is 0 Å². The molecule has 0 spiro atoms. The maximum Gasteiger partial charge on any atom is 0.152 e. The van der Waals surface area contributed by atoms with Gasteiger partial charge in [-0.05, 0) is 12.1 Å². The summed E-state index contributed by atoms with van der Waals surface area (Å²) in [5, 5.41) is 0.951. The zero-order valence-corrected chi connectivity index (χ0v) is 7.08. The largest absolute Gasteiger partial charge is 0.354 e. The number of aldehydes is 1. The third-order valence-electron chi connectivity index (χ3n) is 2.10. The van der Waals surface area contributed by atoms with Gasteiger partial charge in [-0.2, -0.15) is 0 Å². The van der Waals surface area contributed by atoms with E-state index in [2.05, 4.69) is 11.6 Å². The maximum absolute atomic E-state index is 10.8. The Morgan fingerprint density at radius 2 is 2.08 bits per heavy atom. The summed E-state index contributed by atoms with van der Waals surface area (Å²) >= 11 is 0. The third kappa shape index (κ3) is 1.07. The zero-order chi connectivity index (χ0) is 9.26. The van der Waals surface area contributed by atoms with Crippen molar-refractivity contribution in [1.29, 1.82) is 0 Å². The smallest absolute Gasteiger partial charge is 0.152 e. The number of hydrogen-bond donors (Lipinski definition) is 1. The molecule has 2 heteroatoms. The van der Waals surface area contributed by atoms with Crippen LogP contribution in [0, 0.1) is 0 Å². The van der Waals surface area contributed by atoms with Gasteiger partial charge in [-0.3, -0.25) is 4.79 Å². The van der Waals surface area contributed by atoms with E-state index in [9.17, 15) is 4.79 Å². The first kappa shape index (κ1) is 7.80. The second-order valence-electron chi connectivity index (χ2n) is 2.82. The van der Waals surface area contributed by atoms with Crippen molar-refractivity contribution in [1.82, 2.24) is 4.98 Å². The minimum absolute atomic E-state index is 0.686. The van der Waals surface area contributed by atoms with E-state index in [1.54, 1.807) is 6.08 Å². The Morgan fingerprint density at radius 3 is 2.77 bits per heavy atom. The molecule has 0 aliphatic heterocycles. The lowest BCUT2D eigenvalue weighted by atomic mass is 10.1. The molecule has 0 saturated heterocycles. The first-order chi connectivity index (χ1) is 6.36. The first-order valence-electron chi connectivity index (χ1n) is 4.05. The molecule has 2 rings (SSSR count). The Bertz CT molecular complexity index is 468. The number of benzene rings is 1. The standard InChI is InChI=1S/C11H9NO/c1-2-10-9(7-13)8-5-3-4-6-11(8)12-10/h2-7,12H,1H2. The summed E-state index contributed by atoms with van der Waals surface area (Å²) in [7, 11) is 0. The van der Waals surface area contributed by atoms with Crippen LogP contribution in [0.5, 0.6) is 0 Å². The van der Waals surface area contributed by atoms with Gasteiger partial charge in [-0.1, -0.05) is 24.8 Å². The Labute approximate surface area is 75.9 Å². The molecule has 0 radical (unpaired) electrons. The van der Waals surface area contributed by atoms with Gasteiger partial charge >= 0.3 is 0 Å². The summed E-state index contributed by atoms with van der Waals surface area (Å²) < 4.78 is 0. The lowest BCUT2D eigenvalue weighted by molar-refractivity contribution is 0.112. The molecule has 1 aromatic carbocycles. The lowest BCUT2D eigenvalue weighted by Gasteiger charge is -1.87. The highest BCUT2D eigenvalue weighted by Crippen LogP contribution is 2.20. The van der Waals surface area contributed by atoms with Crippen LogP contribution in [0.25, 0.3) is 17.0 Å².